The highest BCUT2D eigenvalue weighted by Crippen LogP contribution is 2.17. The minimum absolute atomic E-state index is 0.0254. The van der Waals surface area contributed by atoms with Crippen molar-refractivity contribution in [3.8, 4) is 0 Å². The average molecular weight is 320 g/mol. The van der Waals surface area contributed by atoms with Crippen molar-refractivity contribution in [2.45, 2.75) is 12.5 Å². The quantitative estimate of drug-likeness (QED) is 0.871. The van der Waals surface area contributed by atoms with Crippen molar-refractivity contribution in [1.29, 1.82) is 0 Å². The number of rotatable bonds is 2. The van der Waals surface area contributed by atoms with Gasteiger partial charge in [-0.1, -0.05) is 18.2 Å². The van der Waals surface area contributed by atoms with Gasteiger partial charge >= 0.3 is 0 Å². The van der Waals surface area contributed by atoms with Crippen LogP contribution in [0.15, 0.2) is 35.3 Å². The van der Waals surface area contributed by atoms with Crippen molar-refractivity contribution in [3.05, 3.63) is 46.4 Å². The SMILES string of the molecule is Cn1cc(C(=O)N[C@@H]2CCS(=O)(=O)C2)c2ccccc2c1=O. The van der Waals surface area contributed by atoms with Crippen LogP contribution in [0.3, 0.4) is 0 Å². The van der Waals surface area contributed by atoms with E-state index in [1.807, 2.05) is 0 Å². The molecule has 1 amide bonds. The lowest BCUT2D eigenvalue weighted by molar-refractivity contribution is 0.0942. The molecule has 1 saturated heterocycles. The monoisotopic (exact) mass is 320 g/mol. The van der Waals surface area contributed by atoms with E-state index in [0.717, 1.165) is 0 Å². The Morgan fingerprint density at radius 2 is 1.95 bits per heavy atom. The zero-order valence-electron chi connectivity index (χ0n) is 12.1. The van der Waals surface area contributed by atoms with Crippen molar-refractivity contribution >= 4 is 26.5 Å². The molecule has 0 spiro atoms. The number of fused-ring (bicyclic) bond motifs is 1. The number of aromatic nitrogens is 1. The summed E-state index contributed by atoms with van der Waals surface area (Å²) in [7, 11) is -1.46. The summed E-state index contributed by atoms with van der Waals surface area (Å²) in [6.07, 6.45) is 1.92. The van der Waals surface area contributed by atoms with Crippen LogP contribution in [0.2, 0.25) is 0 Å². The Kier molecular flexibility index (Phi) is 3.52. The summed E-state index contributed by atoms with van der Waals surface area (Å²) < 4.78 is 24.3. The molecule has 1 N–H and O–H groups in total. The van der Waals surface area contributed by atoms with E-state index in [4.69, 9.17) is 0 Å². The van der Waals surface area contributed by atoms with Crippen molar-refractivity contribution in [3.63, 3.8) is 0 Å². The molecule has 2 aromatic rings. The number of pyridine rings is 1. The summed E-state index contributed by atoms with van der Waals surface area (Å²) in [5.41, 5.74) is 0.206. The molecule has 0 unspecified atom stereocenters. The highest BCUT2D eigenvalue weighted by atomic mass is 32.2. The van der Waals surface area contributed by atoms with Crippen LogP contribution in [0, 0.1) is 0 Å². The summed E-state index contributed by atoms with van der Waals surface area (Å²) in [4.78, 5) is 24.6. The first-order valence-electron chi connectivity index (χ1n) is 6.97. The molecule has 1 aliphatic rings. The van der Waals surface area contributed by atoms with Crippen molar-refractivity contribution in [1.82, 2.24) is 9.88 Å². The van der Waals surface area contributed by atoms with Gasteiger partial charge in [0.15, 0.2) is 9.84 Å². The van der Waals surface area contributed by atoms with E-state index in [-0.39, 0.29) is 29.0 Å². The number of sulfone groups is 1. The van der Waals surface area contributed by atoms with Gasteiger partial charge in [-0.3, -0.25) is 9.59 Å². The maximum atomic E-state index is 12.5. The highest BCUT2D eigenvalue weighted by molar-refractivity contribution is 7.91. The third-order valence-corrected chi connectivity index (χ3v) is 5.67. The van der Waals surface area contributed by atoms with Crippen LogP contribution >= 0.6 is 0 Å². The molecular weight excluding hydrogens is 304 g/mol. The standard InChI is InChI=1S/C15H16N2O4S/c1-17-8-13(11-4-2-3-5-12(11)15(17)19)14(18)16-10-6-7-22(20,21)9-10/h2-5,8,10H,6-7,9H2,1H3,(H,16,18)/t10-/m1/s1. The van der Waals surface area contributed by atoms with Crippen molar-refractivity contribution in [2.24, 2.45) is 7.05 Å². The number of amides is 1. The fourth-order valence-corrected chi connectivity index (χ4v) is 4.44. The predicted molar refractivity (Wildman–Crippen MR) is 83.7 cm³/mol. The van der Waals surface area contributed by atoms with E-state index in [1.54, 1.807) is 31.3 Å². The number of carbonyl (C=O) groups excluding carboxylic acids is 1. The van der Waals surface area contributed by atoms with Crippen LogP contribution in [0.1, 0.15) is 16.8 Å². The Bertz CT molecular complexity index is 915. The fourth-order valence-electron chi connectivity index (χ4n) is 2.77. The molecule has 1 fully saturated rings. The van der Waals surface area contributed by atoms with Crippen LogP contribution in [0.25, 0.3) is 10.8 Å². The first kappa shape index (κ1) is 14.8. The van der Waals surface area contributed by atoms with Crippen LogP contribution in [0.5, 0.6) is 0 Å². The van der Waals surface area contributed by atoms with Gasteiger partial charge in [0, 0.05) is 30.1 Å². The molecule has 1 aliphatic heterocycles. The zero-order valence-corrected chi connectivity index (χ0v) is 12.9. The van der Waals surface area contributed by atoms with Crippen LogP contribution in [-0.4, -0.2) is 36.4 Å². The number of aryl methyl sites for hydroxylation is 1. The Morgan fingerprint density at radius 3 is 2.59 bits per heavy atom. The normalized spacial score (nSPS) is 20.1. The summed E-state index contributed by atoms with van der Waals surface area (Å²) in [5.74, 6) is -0.275. The van der Waals surface area contributed by atoms with Gasteiger partial charge in [-0.15, -0.1) is 0 Å². The molecule has 1 aromatic carbocycles. The van der Waals surface area contributed by atoms with Crippen molar-refractivity contribution < 1.29 is 13.2 Å². The Balaban J connectivity index is 1.98. The lowest BCUT2D eigenvalue weighted by Gasteiger charge is -2.13. The molecule has 116 valence electrons. The number of nitrogens with zero attached hydrogens (tertiary/aromatic N) is 1. The lowest BCUT2D eigenvalue weighted by Crippen LogP contribution is -2.36. The minimum Gasteiger partial charge on any atom is -0.348 e. The first-order valence-corrected chi connectivity index (χ1v) is 8.79. The minimum atomic E-state index is -3.05. The number of benzene rings is 1. The second-order valence-electron chi connectivity index (χ2n) is 5.58. The number of nitrogens with one attached hydrogen (secondary N) is 1. The Labute approximate surface area is 127 Å². The predicted octanol–water partition coefficient (Wildman–Crippen LogP) is 0.455. The second-order valence-corrected chi connectivity index (χ2v) is 7.81. The molecule has 0 saturated carbocycles. The first-order chi connectivity index (χ1) is 10.4. The van der Waals surface area contributed by atoms with E-state index in [0.29, 0.717) is 22.8 Å². The van der Waals surface area contributed by atoms with E-state index < -0.39 is 9.84 Å². The average Bonchev–Trinajstić information content (AvgIpc) is 2.81. The molecule has 2 heterocycles. The molecule has 3 rings (SSSR count). The van der Waals surface area contributed by atoms with E-state index in [1.165, 1.54) is 10.8 Å². The lowest BCUT2D eigenvalue weighted by atomic mass is 10.1. The Morgan fingerprint density at radius 1 is 1.27 bits per heavy atom. The molecular formula is C15H16N2O4S. The zero-order chi connectivity index (χ0) is 15.9. The van der Waals surface area contributed by atoms with E-state index in [2.05, 4.69) is 5.32 Å². The molecule has 0 bridgehead atoms. The number of carbonyl (C=O) groups is 1. The third kappa shape index (κ3) is 2.64. The van der Waals surface area contributed by atoms with Crippen LogP contribution in [-0.2, 0) is 16.9 Å². The highest BCUT2D eigenvalue weighted by Gasteiger charge is 2.29. The molecule has 0 aliphatic carbocycles. The van der Waals surface area contributed by atoms with Gasteiger partial charge in [-0.2, -0.15) is 0 Å². The smallest absolute Gasteiger partial charge is 0.258 e. The van der Waals surface area contributed by atoms with Gasteiger partial charge < -0.3 is 9.88 Å². The topological polar surface area (TPSA) is 85.2 Å². The van der Waals surface area contributed by atoms with Gasteiger partial charge in [-0.05, 0) is 12.5 Å². The number of hydrogen-bond donors (Lipinski definition) is 1. The van der Waals surface area contributed by atoms with E-state index >= 15 is 0 Å². The number of hydrogen-bond acceptors (Lipinski definition) is 4. The molecule has 6 nitrogen and oxygen atoms in total. The van der Waals surface area contributed by atoms with Gasteiger partial charge in [0.05, 0.1) is 17.1 Å². The Hall–Kier alpha value is -2.15. The summed E-state index contributed by atoms with van der Waals surface area (Å²) in [6.45, 7) is 0. The molecule has 1 aromatic heterocycles. The molecule has 0 radical (unpaired) electrons. The largest absolute Gasteiger partial charge is 0.348 e. The van der Waals surface area contributed by atoms with Crippen LogP contribution < -0.4 is 10.9 Å². The molecule has 22 heavy (non-hydrogen) atoms. The maximum absolute atomic E-state index is 12.5. The third-order valence-electron chi connectivity index (χ3n) is 3.90. The van der Waals surface area contributed by atoms with Gasteiger partial charge in [0.2, 0.25) is 0 Å². The van der Waals surface area contributed by atoms with Gasteiger partial charge in [0.25, 0.3) is 11.5 Å². The van der Waals surface area contributed by atoms with Gasteiger partial charge in [0.1, 0.15) is 0 Å². The molecule has 1 atom stereocenters. The maximum Gasteiger partial charge on any atom is 0.258 e. The van der Waals surface area contributed by atoms with Crippen molar-refractivity contribution in [2.75, 3.05) is 11.5 Å². The van der Waals surface area contributed by atoms with Crippen LogP contribution in [0.4, 0.5) is 0 Å². The molecule has 7 heteroatoms. The summed E-state index contributed by atoms with van der Waals surface area (Å²) in [6, 6.07) is 6.53. The second kappa shape index (κ2) is 5.24. The summed E-state index contributed by atoms with van der Waals surface area (Å²) in [5, 5.41) is 3.80. The van der Waals surface area contributed by atoms with Gasteiger partial charge in [-0.25, -0.2) is 8.42 Å². The van der Waals surface area contributed by atoms with E-state index in [9.17, 15) is 18.0 Å². The summed E-state index contributed by atoms with van der Waals surface area (Å²) >= 11 is 0. The fraction of sp³-hybridized carbons (Fsp3) is 0.333.